The zero-order valence-electron chi connectivity index (χ0n) is 16.6. The fourth-order valence-electron chi connectivity index (χ4n) is 3.13. The van der Waals surface area contributed by atoms with Gasteiger partial charge < -0.3 is 19.8 Å². The number of carbonyl (C=O) groups excluding carboxylic acids is 1. The Labute approximate surface area is 154 Å². The molecule has 2 aromatic heterocycles. The molecule has 142 valence electrons. The Balaban J connectivity index is 2.42. The van der Waals surface area contributed by atoms with Gasteiger partial charge in [-0.05, 0) is 70.2 Å². The first-order valence-electron chi connectivity index (χ1n) is 8.81. The van der Waals surface area contributed by atoms with E-state index in [9.17, 15) is 14.7 Å². The molecular formula is C20H28N2O4. The van der Waals surface area contributed by atoms with Crippen LogP contribution < -0.4 is 0 Å². The number of aromatic carboxylic acids is 1. The second-order valence-electron chi connectivity index (χ2n) is 7.65. The Hall–Kier alpha value is -2.50. The van der Waals surface area contributed by atoms with E-state index in [0.29, 0.717) is 18.5 Å². The summed E-state index contributed by atoms with van der Waals surface area (Å²) in [5.41, 5.74) is 5.47. The summed E-state index contributed by atoms with van der Waals surface area (Å²) in [6, 6.07) is 0. The first-order chi connectivity index (χ1) is 12.0. The van der Waals surface area contributed by atoms with Crippen molar-refractivity contribution in [1.82, 2.24) is 9.97 Å². The summed E-state index contributed by atoms with van der Waals surface area (Å²) in [5, 5.41) is 9.29. The number of ether oxygens (including phenoxy) is 1. The number of carboxylic acid groups (broad SMARTS) is 1. The molecule has 2 heterocycles. The molecule has 0 fully saturated rings. The second-order valence-corrected chi connectivity index (χ2v) is 7.65. The maximum Gasteiger partial charge on any atom is 0.355 e. The predicted octanol–water partition coefficient (Wildman–Crippen LogP) is 4.07. The topological polar surface area (TPSA) is 95.2 Å². The Bertz CT molecular complexity index is 850. The summed E-state index contributed by atoms with van der Waals surface area (Å²) in [4.78, 5) is 30.1. The SMILES string of the molecule is CCc1c(C(=O)OC(C)(C)C)[nH]c(Cc2[nH]c(C(=O)O)c(C)c2C)c1C. The van der Waals surface area contributed by atoms with Crippen LogP contribution in [0.25, 0.3) is 0 Å². The van der Waals surface area contributed by atoms with Crippen LogP contribution in [0, 0.1) is 20.8 Å². The number of carboxylic acids is 1. The smallest absolute Gasteiger partial charge is 0.355 e. The average Bonchev–Trinajstić information content (AvgIpc) is 2.98. The number of nitrogens with one attached hydrogen (secondary N) is 2. The lowest BCUT2D eigenvalue weighted by molar-refractivity contribution is 0.00620. The van der Waals surface area contributed by atoms with Crippen LogP contribution in [0.1, 0.15) is 82.3 Å². The summed E-state index contributed by atoms with van der Waals surface area (Å²) in [6.07, 6.45) is 1.21. The van der Waals surface area contributed by atoms with Crippen LogP contribution in [0.2, 0.25) is 0 Å². The molecule has 26 heavy (non-hydrogen) atoms. The van der Waals surface area contributed by atoms with Gasteiger partial charge in [-0.15, -0.1) is 0 Å². The molecule has 0 unspecified atom stereocenters. The van der Waals surface area contributed by atoms with E-state index in [1.165, 1.54) is 0 Å². The van der Waals surface area contributed by atoms with Gasteiger partial charge in [0.05, 0.1) is 0 Å². The van der Waals surface area contributed by atoms with Gasteiger partial charge in [-0.1, -0.05) is 6.92 Å². The van der Waals surface area contributed by atoms with E-state index in [4.69, 9.17) is 4.74 Å². The van der Waals surface area contributed by atoms with Crippen LogP contribution in [0.4, 0.5) is 0 Å². The zero-order valence-corrected chi connectivity index (χ0v) is 16.6. The van der Waals surface area contributed by atoms with Crippen molar-refractivity contribution in [2.75, 3.05) is 0 Å². The van der Waals surface area contributed by atoms with Gasteiger partial charge in [0, 0.05) is 17.8 Å². The monoisotopic (exact) mass is 360 g/mol. The number of esters is 1. The minimum atomic E-state index is -0.969. The van der Waals surface area contributed by atoms with Crippen molar-refractivity contribution in [2.24, 2.45) is 0 Å². The van der Waals surface area contributed by atoms with E-state index >= 15 is 0 Å². The van der Waals surface area contributed by atoms with E-state index in [2.05, 4.69) is 9.97 Å². The molecule has 0 aliphatic heterocycles. The highest BCUT2D eigenvalue weighted by Gasteiger charge is 2.25. The number of aromatic nitrogens is 2. The Morgan fingerprint density at radius 1 is 0.962 bits per heavy atom. The quantitative estimate of drug-likeness (QED) is 0.700. The van der Waals surface area contributed by atoms with Gasteiger partial charge in [-0.2, -0.15) is 0 Å². The van der Waals surface area contributed by atoms with Gasteiger partial charge in [0.2, 0.25) is 0 Å². The van der Waals surface area contributed by atoms with Crippen molar-refractivity contribution >= 4 is 11.9 Å². The number of H-pyrrole nitrogens is 2. The normalized spacial score (nSPS) is 11.7. The van der Waals surface area contributed by atoms with Crippen molar-refractivity contribution in [3.8, 4) is 0 Å². The van der Waals surface area contributed by atoms with Gasteiger partial charge in [0.1, 0.15) is 17.0 Å². The number of carbonyl (C=O) groups is 2. The third-order valence-electron chi connectivity index (χ3n) is 4.67. The van der Waals surface area contributed by atoms with Crippen LogP contribution in [0.3, 0.4) is 0 Å². The van der Waals surface area contributed by atoms with Crippen LogP contribution in [-0.2, 0) is 17.6 Å². The third-order valence-corrected chi connectivity index (χ3v) is 4.67. The Morgan fingerprint density at radius 3 is 1.96 bits per heavy atom. The van der Waals surface area contributed by atoms with Crippen LogP contribution in [0.5, 0.6) is 0 Å². The largest absolute Gasteiger partial charge is 0.477 e. The van der Waals surface area contributed by atoms with Crippen molar-refractivity contribution in [1.29, 1.82) is 0 Å². The third kappa shape index (κ3) is 3.84. The fourth-order valence-corrected chi connectivity index (χ4v) is 3.13. The lowest BCUT2D eigenvalue weighted by Gasteiger charge is -2.19. The summed E-state index contributed by atoms with van der Waals surface area (Å²) < 4.78 is 5.51. The van der Waals surface area contributed by atoms with Crippen LogP contribution in [0.15, 0.2) is 0 Å². The first kappa shape index (κ1) is 19.8. The molecule has 0 aliphatic carbocycles. The maximum absolute atomic E-state index is 12.5. The standard InChI is InChI=1S/C20H28N2O4/c1-8-13-12(4)15(22-17(13)19(25)26-20(5,6)7)9-14-10(2)11(3)16(21-14)18(23)24/h21-22H,8-9H2,1-7H3,(H,23,24). The molecule has 2 aromatic rings. The Morgan fingerprint density at radius 2 is 1.50 bits per heavy atom. The number of aromatic amines is 2. The van der Waals surface area contributed by atoms with Crippen molar-refractivity contribution in [3.63, 3.8) is 0 Å². The predicted molar refractivity (Wildman–Crippen MR) is 100 cm³/mol. The molecule has 0 aliphatic rings. The van der Waals surface area contributed by atoms with Gasteiger partial charge >= 0.3 is 11.9 Å². The van der Waals surface area contributed by atoms with E-state index in [0.717, 1.165) is 33.6 Å². The highest BCUT2D eigenvalue weighted by atomic mass is 16.6. The lowest BCUT2D eigenvalue weighted by Crippen LogP contribution is -2.24. The molecule has 3 N–H and O–H groups in total. The Kier molecular flexibility index (Phi) is 5.35. The first-order valence-corrected chi connectivity index (χ1v) is 8.81. The summed E-state index contributed by atoms with van der Waals surface area (Å²) >= 11 is 0. The molecular weight excluding hydrogens is 332 g/mol. The molecule has 6 nitrogen and oxygen atoms in total. The zero-order chi connectivity index (χ0) is 19.8. The molecule has 0 bridgehead atoms. The van der Waals surface area contributed by atoms with E-state index in [1.54, 1.807) is 6.92 Å². The van der Waals surface area contributed by atoms with E-state index in [-0.39, 0.29) is 11.7 Å². The van der Waals surface area contributed by atoms with Crippen molar-refractivity contribution in [2.45, 2.75) is 66.9 Å². The molecule has 0 radical (unpaired) electrons. The molecule has 0 saturated heterocycles. The van der Waals surface area contributed by atoms with E-state index < -0.39 is 11.6 Å². The fraction of sp³-hybridized carbons (Fsp3) is 0.500. The van der Waals surface area contributed by atoms with Gasteiger partial charge in [0.15, 0.2) is 0 Å². The van der Waals surface area contributed by atoms with Crippen LogP contribution in [-0.4, -0.2) is 32.6 Å². The maximum atomic E-state index is 12.5. The molecule has 0 atom stereocenters. The summed E-state index contributed by atoms with van der Waals surface area (Å²) in [6.45, 7) is 13.2. The minimum Gasteiger partial charge on any atom is -0.477 e. The highest BCUT2D eigenvalue weighted by Crippen LogP contribution is 2.26. The number of rotatable bonds is 5. The lowest BCUT2D eigenvalue weighted by atomic mass is 10.0. The van der Waals surface area contributed by atoms with Gasteiger partial charge in [0.25, 0.3) is 0 Å². The van der Waals surface area contributed by atoms with Crippen LogP contribution >= 0.6 is 0 Å². The van der Waals surface area contributed by atoms with Crippen molar-refractivity contribution in [3.05, 3.63) is 45.0 Å². The minimum absolute atomic E-state index is 0.213. The molecule has 0 spiro atoms. The van der Waals surface area contributed by atoms with Gasteiger partial charge in [-0.3, -0.25) is 0 Å². The number of hydrogen-bond donors (Lipinski definition) is 3. The second kappa shape index (κ2) is 7.02. The molecule has 0 amide bonds. The molecule has 0 saturated carbocycles. The average molecular weight is 360 g/mol. The van der Waals surface area contributed by atoms with Gasteiger partial charge in [-0.25, -0.2) is 9.59 Å². The number of hydrogen-bond acceptors (Lipinski definition) is 3. The van der Waals surface area contributed by atoms with Crippen molar-refractivity contribution < 1.29 is 19.4 Å². The summed E-state index contributed by atoms with van der Waals surface area (Å²) in [5.74, 6) is -1.34. The molecule has 2 rings (SSSR count). The summed E-state index contributed by atoms with van der Waals surface area (Å²) in [7, 11) is 0. The molecule has 0 aromatic carbocycles. The highest BCUT2D eigenvalue weighted by molar-refractivity contribution is 5.90. The molecule has 6 heteroatoms. The van der Waals surface area contributed by atoms with E-state index in [1.807, 2.05) is 41.5 Å².